The average molecular weight is 366 g/mol. The fourth-order valence-electron chi connectivity index (χ4n) is 3.44. The maximum Gasteiger partial charge on any atom is 0.293 e. The van der Waals surface area contributed by atoms with Crippen molar-refractivity contribution < 1.29 is 9.72 Å². The summed E-state index contributed by atoms with van der Waals surface area (Å²) in [6, 6.07) is 15.2. The van der Waals surface area contributed by atoms with E-state index < -0.39 is 4.92 Å². The van der Waals surface area contributed by atoms with E-state index in [2.05, 4.69) is 10.6 Å². The van der Waals surface area contributed by atoms with Crippen LogP contribution in [0.4, 0.5) is 17.1 Å². The minimum absolute atomic E-state index is 0.0150. The van der Waals surface area contributed by atoms with Gasteiger partial charge in [-0.1, -0.05) is 18.2 Å². The molecule has 140 valence electrons. The number of amides is 1. The molecule has 2 aromatic rings. The van der Waals surface area contributed by atoms with Gasteiger partial charge in [0.2, 0.25) is 0 Å². The van der Waals surface area contributed by atoms with Crippen LogP contribution in [0.2, 0.25) is 0 Å². The number of rotatable bonds is 6. The lowest BCUT2D eigenvalue weighted by Gasteiger charge is -2.20. The van der Waals surface area contributed by atoms with Crippen molar-refractivity contribution in [2.75, 3.05) is 23.3 Å². The summed E-state index contributed by atoms with van der Waals surface area (Å²) in [5, 5.41) is 17.9. The van der Waals surface area contributed by atoms with Crippen molar-refractivity contribution in [3.63, 3.8) is 0 Å². The Morgan fingerprint density at radius 2 is 1.85 bits per heavy atom. The molecule has 1 atom stereocenters. The summed E-state index contributed by atoms with van der Waals surface area (Å²) < 4.78 is 0. The first-order chi connectivity index (χ1) is 13.1. The lowest BCUT2D eigenvalue weighted by atomic mass is 10.1. The predicted molar refractivity (Wildman–Crippen MR) is 104 cm³/mol. The lowest BCUT2D eigenvalue weighted by molar-refractivity contribution is -0.384. The zero-order valence-electron chi connectivity index (χ0n) is 14.9. The topological polar surface area (TPSA) is 87.5 Å². The maximum atomic E-state index is 12.2. The van der Waals surface area contributed by atoms with Crippen LogP contribution in [0.5, 0.6) is 0 Å². The Bertz CT molecular complexity index is 852. The van der Waals surface area contributed by atoms with Crippen LogP contribution in [-0.4, -0.2) is 36.0 Å². The minimum Gasteiger partial charge on any atom is -0.380 e. The number of anilines is 2. The Hall–Kier alpha value is -3.09. The Kier molecular flexibility index (Phi) is 4.66. The number of para-hydroxylation sites is 1. The molecule has 1 heterocycles. The second kappa shape index (κ2) is 7.26. The van der Waals surface area contributed by atoms with Crippen LogP contribution in [-0.2, 0) is 0 Å². The van der Waals surface area contributed by atoms with E-state index in [1.54, 1.807) is 12.1 Å². The SMILES string of the molecule is O=C(NC1CC1)c1ccc(N2CCC(Nc3ccccc3)C2)c([N+](=O)[O-])c1. The van der Waals surface area contributed by atoms with Crippen molar-refractivity contribution >= 4 is 23.0 Å². The number of carbonyl (C=O) groups excluding carboxylic acids is 1. The second-order valence-corrected chi connectivity index (χ2v) is 7.15. The van der Waals surface area contributed by atoms with Crippen LogP contribution in [0, 0.1) is 10.1 Å². The lowest BCUT2D eigenvalue weighted by Crippen LogP contribution is -2.27. The molecule has 4 rings (SSSR count). The van der Waals surface area contributed by atoms with Crippen LogP contribution >= 0.6 is 0 Å². The van der Waals surface area contributed by atoms with E-state index in [4.69, 9.17) is 0 Å². The summed E-state index contributed by atoms with van der Waals surface area (Å²) >= 11 is 0. The zero-order valence-corrected chi connectivity index (χ0v) is 14.9. The van der Waals surface area contributed by atoms with Gasteiger partial charge in [0.15, 0.2) is 0 Å². The number of carbonyl (C=O) groups is 1. The molecule has 1 aliphatic heterocycles. The molecule has 2 aliphatic rings. The third-order valence-corrected chi connectivity index (χ3v) is 5.02. The molecule has 27 heavy (non-hydrogen) atoms. The fourth-order valence-corrected chi connectivity index (χ4v) is 3.44. The molecular weight excluding hydrogens is 344 g/mol. The number of nitrogens with one attached hydrogen (secondary N) is 2. The average Bonchev–Trinajstić information content (AvgIpc) is 3.37. The Morgan fingerprint density at radius 1 is 1.07 bits per heavy atom. The smallest absolute Gasteiger partial charge is 0.293 e. The normalized spacial score (nSPS) is 19.0. The van der Waals surface area contributed by atoms with Crippen molar-refractivity contribution in [1.82, 2.24) is 5.32 Å². The van der Waals surface area contributed by atoms with E-state index in [1.807, 2.05) is 35.2 Å². The van der Waals surface area contributed by atoms with Gasteiger partial charge in [0.05, 0.1) is 4.92 Å². The summed E-state index contributed by atoms with van der Waals surface area (Å²) in [4.78, 5) is 25.4. The molecule has 1 saturated carbocycles. The van der Waals surface area contributed by atoms with E-state index in [-0.39, 0.29) is 23.7 Å². The second-order valence-electron chi connectivity index (χ2n) is 7.15. The van der Waals surface area contributed by atoms with Gasteiger partial charge in [-0.2, -0.15) is 0 Å². The summed E-state index contributed by atoms with van der Waals surface area (Å²) in [6.07, 6.45) is 2.86. The van der Waals surface area contributed by atoms with Gasteiger partial charge >= 0.3 is 0 Å². The van der Waals surface area contributed by atoms with Crippen molar-refractivity contribution in [3.05, 3.63) is 64.2 Å². The maximum absolute atomic E-state index is 12.2. The molecule has 7 nitrogen and oxygen atoms in total. The molecule has 1 saturated heterocycles. The van der Waals surface area contributed by atoms with Crippen LogP contribution in [0.15, 0.2) is 48.5 Å². The molecule has 1 unspecified atom stereocenters. The van der Waals surface area contributed by atoms with Crippen LogP contribution in [0.1, 0.15) is 29.6 Å². The summed E-state index contributed by atoms with van der Waals surface area (Å²) in [7, 11) is 0. The highest BCUT2D eigenvalue weighted by Crippen LogP contribution is 2.32. The largest absolute Gasteiger partial charge is 0.380 e. The zero-order chi connectivity index (χ0) is 18.8. The first-order valence-corrected chi connectivity index (χ1v) is 9.26. The van der Waals surface area contributed by atoms with Gasteiger partial charge < -0.3 is 15.5 Å². The van der Waals surface area contributed by atoms with Gasteiger partial charge in [0, 0.05) is 42.5 Å². The molecule has 2 fully saturated rings. The molecule has 2 N–H and O–H groups in total. The number of nitro groups is 1. The van der Waals surface area contributed by atoms with Gasteiger partial charge in [-0.3, -0.25) is 14.9 Å². The summed E-state index contributed by atoms with van der Waals surface area (Å²) in [5.74, 6) is -0.239. The number of nitro benzene ring substituents is 1. The van der Waals surface area contributed by atoms with Crippen molar-refractivity contribution in [2.45, 2.75) is 31.3 Å². The quantitative estimate of drug-likeness (QED) is 0.606. The molecule has 1 amide bonds. The molecule has 0 radical (unpaired) electrons. The van der Waals surface area contributed by atoms with Gasteiger partial charge in [0.1, 0.15) is 5.69 Å². The van der Waals surface area contributed by atoms with Crippen molar-refractivity contribution in [3.8, 4) is 0 Å². The number of nitrogens with zero attached hydrogens (tertiary/aromatic N) is 2. The summed E-state index contributed by atoms with van der Waals surface area (Å²) in [5.41, 5.74) is 1.94. The standard InChI is InChI=1S/C20H22N4O3/c25-20(22-16-7-8-16)14-6-9-18(19(12-14)24(26)27)23-11-10-17(13-23)21-15-4-2-1-3-5-15/h1-6,9,12,16-17,21H,7-8,10-11,13H2,(H,22,25). The first kappa shape index (κ1) is 17.3. The van der Waals surface area contributed by atoms with Gasteiger partial charge in [-0.15, -0.1) is 0 Å². The molecule has 1 aliphatic carbocycles. The molecule has 7 heteroatoms. The third-order valence-electron chi connectivity index (χ3n) is 5.02. The van der Waals surface area contributed by atoms with Crippen LogP contribution in [0.3, 0.4) is 0 Å². The minimum atomic E-state index is -0.402. The molecule has 0 spiro atoms. The molecular formula is C20H22N4O3. The fraction of sp³-hybridized carbons (Fsp3) is 0.350. The van der Waals surface area contributed by atoms with E-state index in [0.717, 1.165) is 31.5 Å². The summed E-state index contributed by atoms with van der Waals surface area (Å²) in [6.45, 7) is 1.42. The number of benzene rings is 2. The molecule has 0 bridgehead atoms. The number of hydrogen-bond acceptors (Lipinski definition) is 5. The highest BCUT2D eigenvalue weighted by atomic mass is 16.6. The highest BCUT2D eigenvalue weighted by molar-refractivity contribution is 5.96. The Balaban J connectivity index is 1.49. The first-order valence-electron chi connectivity index (χ1n) is 9.26. The van der Waals surface area contributed by atoms with Crippen LogP contribution < -0.4 is 15.5 Å². The third kappa shape index (κ3) is 4.02. The molecule has 2 aromatic carbocycles. The highest BCUT2D eigenvalue weighted by Gasteiger charge is 2.29. The predicted octanol–water partition coefficient (Wildman–Crippen LogP) is 3.18. The van der Waals surface area contributed by atoms with Crippen LogP contribution in [0.25, 0.3) is 0 Å². The number of hydrogen-bond donors (Lipinski definition) is 2. The van der Waals surface area contributed by atoms with E-state index >= 15 is 0 Å². The van der Waals surface area contributed by atoms with Crippen molar-refractivity contribution in [2.24, 2.45) is 0 Å². The molecule has 0 aromatic heterocycles. The van der Waals surface area contributed by atoms with E-state index in [9.17, 15) is 14.9 Å². The van der Waals surface area contributed by atoms with Gasteiger partial charge in [-0.05, 0) is 43.5 Å². The monoisotopic (exact) mass is 366 g/mol. The van der Waals surface area contributed by atoms with E-state index in [0.29, 0.717) is 17.8 Å². The van der Waals surface area contributed by atoms with E-state index in [1.165, 1.54) is 6.07 Å². The van der Waals surface area contributed by atoms with Crippen molar-refractivity contribution in [1.29, 1.82) is 0 Å². The Labute approximate surface area is 157 Å². The Morgan fingerprint density at radius 3 is 2.56 bits per heavy atom. The van der Waals surface area contributed by atoms with Gasteiger partial charge in [-0.25, -0.2) is 0 Å². The van der Waals surface area contributed by atoms with Gasteiger partial charge in [0.25, 0.3) is 11.6 Å².